The quantitative estimate of drug-likeness (QED) is 0.826. The van der Waals surface area contributed by atoms with Crippen molar-refractivity contribution in [3.8, 4) is 0 Å². The molecular weight excluding hydrogens is 313 g/mol. The number of para-hydroxylation sites is 1. The van der Waals surface area contributed by atoms with Gasteiger partial charge >= 0.3 is 6.09 Å². The number of anilines is 1. The van der Waals surface area contributed by atoms with Crippen LogP contribution in [-0.2, 0) is 9.53 Å². The molecule has 0 aliphatic carbocycles. The Hall–Kier alpha value is -2.15. The van der Waals surface area contributed by atoms with Gasteiger partial charge in [0.25, 0.3) is 0 Å². The second-order valence-electron chi connectivity index (χ2n) is 6.09. The van der Waals surface area contributed by atoms with Crippen molar-refractivity contribution >= 4 is 17.7 Å². The fourth-order valence-corrected chi connectivity index (χ4v) is 3.47. The normalized spacial score (nSPS) is 22.6. The Morgan fingerprint density at radius 3 is 2.71 bits per heavy atom. The summed E-state index contributed by atoms with van der Waals surface area (Å²) < 4.78 is 18.7. The van der Waals surface area contributed by atoms with Crippen LogP contribution in [0.1, 0.15) is 12.8 Å². The van der Waals surface area contributed by atoms with Gasteiger partial charge in [-0.15, -0.1) is 0 Å². The predicted molar refractivity (Wildman–Crippen MR) is 87.3 cm³/mol. The molecule has 0 unspecified atom stereocenters. The SMILES string of the molecule is COC(=O)N1CCCN([C@H]2CCN(c3ccccc3F)C2=O)CC1. The molecule has 0 radical (unpaired) electrons. The van der Waals surface area contributed by atoms with Crippen LogP contribution in [0.2, 0.25) is 0 Å². The minimum atomic E-state index is -0.376. The third-order valence-corrected chi connectivity index (χ3v) is 4.72. The molecule has 6 nitrogen and oxygen atoms in total. The summed E-state index contributed by atoms with van der Waals surface area (Å²) in [5.74, 6) is -0.439. The lowest BCUT2D eigenvalue weighted by Crippen LogP contribution is -2.44. The molecule has 130 valence electrons. The molecule has 24 heavy (non-hydrogen) atoms. The van der Waals surface area contributed by atoms with Crippen molar-refractivity contribution in [2.45, 2.75) is 18.9 Å². The highest BCUT2D eigenvalue weighted by molar-refractivity contribution is 5.99. The molecule has 2 aliphatic heterocycles. The minimum absolute atomic E-state index is 0.0633. The van der Waals surface area contributed by atoms with Gasteiger partial charge in [0.2, 0.25) is 5.91 Å². The highest BCUT2D eigenvalue weighted by atomic mass is 19.1. The number of carbonyl (C=O) groups excluding carboxylic acids is 2. The van der Waals surface area contributed by atoms with Gasteiger partial charge < -0.3 is 14.5 Å². The average molecular weight is 335 g/mol. The van der Waals surface area contributed by atoms with Crippen molar-refractivity contribution in [2.75, 3.05) is 44.7 Å². The molecule has 2 amide bonds. The lowest BCUT2D eigenvalue weighted by atomic mass is 10.2. The molecule has 2 heterocycles. The largest absolute Gasteiger partial charge is 0.453 e. The van der Waals surface area contributed by atoms with Crippen LogP contribution in [0.4, 0.5) is 14.9 Å². The first kappa shape index (κ1) is 16.7. The molecule has 3 rings (SSSR count). The molecule has 0 spiro atoms. The Balaban J connectivity index is 1.67. The van der Waals surface area contributed by atoms with Crippen LogP contribution in [0.3, 0.4) is 0 Å². The Morgan fingerprint density at radius 2 is 1.96 bits per heavy atom. The van der Waals surface area contributed by atoms with Crippen molar-refractivity contribution in [1.29, 1.82) is 0 Å². The molecular formula is C17H22FN3O3. The minimum Gasteiger partial charge on any atom is -0.453 e. The first-order chi connectivity index (χ1) is 11.6. The zero-order valence-corrected chi connectivity index (χ0v) is 13.8. The molecule has 0 bridgehead atoms. The highest BCUT2D eigenvalue weighted by Gasteiger charge is 2.38. The second kappa shape index (κ2) is 7.17. The molecule has 1 aromatic rings. The van der Waals surface area contributed by atoms with E-state index in [1.54, 1.807) is 23.1 Å². The molecule has 0 aromatic heterocycles. The summed E-state index contributed by atoms with van der Waals surface area (Å²) in [6.07, 6.45) is 1.13. The fourth-order valence-electron chi connectivity index (χ4n) is 3.47. The van der Waals surface area contributed by atoms with E-state index < -0.39 is 0 Å². The van der Waals surface area contributed by atoms with Gasteiger partial charge in [-0.05, 0) is 25.0 Å². The van der Waals surface area contributed by atoms with Crippen LogP contribution < -0.4 is 4.90 Å². The van der Waals surface area contributed by atoms with Crippen molar-refractivity contribution in [3.63, 3.8) is 0 Å². The van der Waals surface area contributed by atoms with Crippen molar-refractivity contribution in [3.05, 3.63) is 30.1 Å². The van der Waals surface area contributed by atoms with Crippen molar-refractivity contribution in [2.24, 2.45) is 0 Å². The smallest absolute Gasteiger partial charge is 0.409 e. The third kappa shape index (κ3) is 3.21. The maximum Gasteiger partial charge on any atom is 0.409 e. The molecule has 7 heteroatoms. The van der Waals surface area contributed by atoms with Gasteiger partial charge in [-0.1, -0.05) is 12.1 Å². The third-order valence-electron chi connectivity index (χ3n) is 4.72. The Kier molecular flexibility index (Phi) is 4.99. The number of methoxy groups -OCH3 is 1. The molecule has 1 atom stereocenters. The molecule has 2 fully saturated rings. The zero-order chi connectivity index (χ0) is 17.1. The Morgan fingerprint density at radius 1 is 1.17 bits per heavy atom. The van der Waals surface area contributed by atoms with Gasteiger partial charge in [0, 0.05) is 32.7 Å². The van der Waals surface area contributed by atoms with E-state index in [-0.39, 0.29) is 23.9 Å². The lowest BCUT2D eigenvalue weighted by Gasteiger charge is -2.26. The van der Waals surface area contributed by atoms with Crippen LogP contribution in [-0.4, -0.2) is 67.7 Å². The predicted octanol–water partition coefficient (Wildman–Crippen LogP) is 1.71. The molecule has 0 N–H and O–H groups in total. The van der Waals surface area contributed by atoms with Gasteiger partial charge in [-0.2, -0.15) is 0 Å². The monoisotopic (exact) mass is 335 g/mol. The van der Waals surface area contributed by atoms with E-state index in [4.69, 9.17) is 4.74 Å². The number of ether oxygens (including phenoxy) is 1. The lowest BCUT2D eigenvalue weighted by molar-refractivity contribution is -0.121. The van der Waals surface area contributed by atoms with E-state index >= 15 is 0 Å². The number of halogens is 1. The zero-order valence-electron chi connectivity index (χ0n) is 13.8. The summed E-state index contributed by atoms with van der Waals surface area (Å²) in [5, 5.41) is 0. The van der Waals surface area contributed by atoms with Gasteiger partial charge in [0.05, 0.1) is 18.8 Å². The van der Waals surface area contributed by atoms with Crippen LogP contribution in [0, 0.1) is 5.82 Å². The second-order valence-corrected chi connectivity index (χ2v) is 6.09. The summed E-state index contributed by atoms with van der Waals surface area (Å²) >= 11 is 0. The molecule has 0 saturated carbocycles. The van der Waals surface area contributed by atoms with Gasteiger partial charge in [-0.25, -0.2) is 9.18 Å². The van der Waals surface area contributed by atoms with Crippen LogP contribution in [0.5, 0.6) is 0 Å². The Bertz CT molecular complexity index is 625. The van der Waals surface area contributed by atoms with Gasteiger partial charge in [-0.3, -0.25) is 9.69 Å². The van der Waals surface area contributed by atoms with Gasteiger partial charge in [0.15, 0.2) is 0 Å². The molecule has 2 saturated heterocycles. The van der Waals surface area contributed by atoms with Crippen molar-refractivity contribution in [1.82, 2.24) is 9.80 Å². The van der Waals surface area contributed by atoms with Crippen LogP contribution in [0.25, 0.3) is 0 Å². The van der Waals surface area contributed by atoms with E-state index in [0.29, 0.717) is 38.3 Å². The summed E-state index contributed by atoms with van der Waals surface area (Å²) in [7, 11) is 1.37. The first-order valence-corrected chi connectivity index (χ1v) is 8.24. The molecule has 1 aromatic carbocycles. The van der Waals surface area contributed by atoms with Crippen molar-refractivity contribution < 1.29 is 18.7 Å². The number of hydrogen-bond donors (Lipinski definition) is 0. The number of rotatable bonds is 2. The number of carbonyl (C=O) groups is 2. The first-order valence-electron chi connectivity index (χ1n) is 8.24. The Labute approximate surface area is 140 Å². The number of benzene rings is 1. The maximum absolute atomic E-state index is 14.0. The van der Waals surface area contributed by atoms with E-state index in [0.717, 1.165) is 13.0 Å². The highest BCUT2D eigenvalue weighted by Crippen LogP contribution is 2.27. The summed E-state index contributed by atoms with van der Waals surface area (Å²) in [4.78, 5) is 29.7. The topological polar surface area (TPSA) is 53.1 Å². The fraction of sp³-hybridized carbons (Fsp3) is 0.529. The van der Waals surface area contributed by atoms with E-state index in [9.17, 15) is 14.0 Å². The van der Waals surface area contributed by atoms with Crippen LogP contribution >= 0.6 is 0 Å². The van der Waals surface area contributed by atoms with E-state index in [2.05, 4.69) is 4.90 Å². The molecule has 2 aliphatic rings. The van der Waals surface area contributed by atoms with Gasteiger partial charge in [0.1, 0.15) is 5.82 Å². The number of nitrogens with zero attached hydrogens (tertiary/aromatic N) is 3. The average Bonchev–Trinajstić information content (AvgIpc) is 2.82. The van der Waals surface area contributed by atoms with E-state index in [1.165, 1.54) is 18.1 Å². The standard InChI is InChI=1S/C17H22FN3O3/c1-24-17(23)20-9-4-8-19(11-12-20)15-7-10-21(16(15)22)14-6-3-2-5-13(14)18/h2-3,5-6,15H,4,7-12H2,1H3/t15-/m0/s1. The summed E-state index contributed by atoms with van der Waals surface area (Å²) in [6, 6.07) is 6.11. The maximum atomic E-state index is 14.0. The van der Waals surface area contributed by atoms with E-state index in [1.807, 2.05) is 0 Å². The summed E-state index contributed by atoms with van der Waals surface area (Å²) in [6.45, 7) is 3.05. The number of hydrogen-bond acceptors (Lipinski definition) is 4. The van der Waals surface area contributed by atoms with Crippen LogP contribution in [0.15, 0.2) is 24.3 Å². The summed E-state index contributed by atoms with van der Waals surface area (Å²) in [5.41, 5.74) is 0.344. The number of amides is 2.